The second kappa shape index (κ2) is 6.46. The van der Waals surface area contributed by atoms with Gasteiger partial charge in [-0.15, -0.1) is 0 Å². The highest BCUT2D eigenvalue weighted by Crippen LogP contribution is 2.39. The summed E-state index contributed by atoms with van der Waals surface area (Å²) in [5.41, 5.74) is 9.35. The molecule has 0 amide bonds. The Kier molecular flexibility index (Phi) is 4.36. The average molecular weight is 344 g/mol. The molecular formula is C17H16ClN4O2+. The van der Waals surface area contributed by atoms with Crippen LogP contribution < -0.4 is 10.7 Å². The zero-order valence-corrected chi connectivity index (χ0v) is 13.7. The first-order valence-corrected chi connectivity index (χ1v) is 8.11. The second-order valence-electron chi connectivity index (χ2n) is 5.84. The summed E-state index contributed by atoms with van der Waals surface area (Å²) in [6, 6.07) is 6.39. The first-order valence-electron chi connectivity index (χ1n) is 7.74. The molecule has 1 aliphatic carbocycles. The highest BCUT2D eigenvalue weighted by Gasteiger charge is 2.26. The number of anilines is 1. The van der Waals surface area contributed by atoms with Gasteiger partial charge in [-0.2, -0.15) is 5.26 Å². The molecule has 0 bridgehead atoms. The molecule has 7 heteroatoms. The second-order valence-corrected chi connectivity index (χ2v) is 6.25. The van der Waals surface area contributed by atoms with Crippen LogP contribution >= 0.6 is 11.6 Å². The number of halogens is 1. The molecule has 0 unspecified atom stereocenters. The molecule has 0 radical (unpaired) electrons. The molecule has 0 aliphatic heterocycles. The molecule has 1 aromatic heterocycles. The van der Waals surface area contributed by atoms with Gasteiger partial charge in [-0.25, -0.2) is 4.98 Å². The van der Waals surface area contributed by atoms with Crippen LogP contribution in [0.25, 0.3) is 11.1 Å². The maximum absolute atomic E-state index is 11.1. The maximum Gasteiger partial charge on any atom is 0.289 e. The lowest BCUT2D eigenvalue weighted by atomic mass is 9.91. The lowest BCUT2D eigenvalue weighted by Gasteiger charge is -2.14. The number of nitro benzene ring substituents is 1. The number of nitrogens with zero attached hydrogens (tertiary/aromatic N) is 2. The molecular weight excluding hydrogens is 328 g/mol. The molecule has 1 aromatic carbocycles. The van der Waals surface area contributed by atoms with E-state index in [0.29, 0.717) is 16.1 Å². The number of nitrogens with two attached hydrogens (primary N) is 1. The number of nitrogen functional groups attached to an aromatic ring is 1. The summed E-state index contributed by atoms with van der Waals surface area (Å²) in [4.78, 5) is 13.8. The fourth-order valence-electron chi connectivity index (χ4n) is 3.24. The lowest BCUT2D eigenvalue weighted by molar-refractivity contribution is -0.384. The van der Waals surface area contributed by atoms with Crippen molar-refractivity contribution < 1.29 is 9.91 Å². The number of aromatic amines is 1. The number of nitriles is 1. The van der Waals surface area contributed by atoms with E-state index in [4.69, 9.17) is 17.3 Å². The van der Waals surface area contributed by atoms with Gasteiger partial charge in [0, 0.05) is 40.3 Å². The molecule has 0 saturated heterocycles. The Morgan fingerprint density at radius 3 is 2.75 bits per heavy atom. The van der Waals surface area contributed by atoms with Crippen LogP contribution in [0.2, 0.25) is 5.02 Å². The van der Waals surface area contributed by atoms with Gasteiger partial charge in [-0.3, -0.25) is 15.8 Å². The van der Waals surface area contributed by atoms with E-state index < -0.39 is 4.92 Å². The van der Waals surface area contributed by atoms with E-state index in [-0.39, 0.29) is 17.1 Å². The number of benzene rings is 1. The van der Waals surface area contributed by atoms with E-state index in [9.17, 15) is 15.4 Å². The normalized spacial score (nSPS) is 13.7. The highest BCUT2D eigenvalue weighted by atomic mass is 35.5. The summed E-state index contributed by atoms with van der Waals surface area (Å²) >= 11 is 6.32. The number of fused-ring (bicyclic) bond motifs is 1. The minimum absolute atomic E-state index is 0.0629. The zero-order chi connectivity index (χ0) is 17.3. The summed E-state index contributed by atoms with van der Waals surface area (Å²) in [6.07, 6.45) is 4.75. The van der Waals surface area contributed by atoms with Gasteiger partial charge in [0.15, 0.2) is 0 Å². The molecule has 3 rings (SSSR count). The number of rotatable bonds is 2. The van der Waals surface area contributed by atoms with Gasteiger partial charge in [0.25, 0.3) is 11.5 Å². The third-order valence-electron chi connectivity index (χ3n) is 4.37. The van der Waals surface area contributed by atoms with Crippen LogP contribution in [0.5, 0.6) is 0 Å². The standard InChI is InChI=1S/C17H15ClN4O2/c18-14-7-6-10(22(23)24)8-12(14)16-11-4-2-1-3-5-15(11)21-17(20)13(16)9-19/h6-8H,1-5H2,(H2,20,21)/p+1. The van der Waals surface area contributed by atoms with Crippen LogP contribution in [-0.4, -0.2) is 4.92 Å². The fourth-order valence-corrected chi connectivity index (χ4v) is 3.45. The van der Waals surface area contributed by atoms with Crippen molar-refractivity contribution >= 4 is 23.1 Å². The lowest BCUT2D eigenvalue weighted by Crippen LogP contribution is -2.22. The van der Waals surface area contributed by atoms with Gasteiger partial charge >= 0.3 is 0 Å². The average Bonchev–Trinajstić information content (AvgIpc) is 2.79. The number of aromatic nitrogens is 1. The maximum atomic E-state index is 11.1. The van der Waals surface area contributed by atoms with Crippen molar-refractivity contribution in [3.63, 3.8) is 0 Å². The molecule has 6 nitrogen and oxygen atoms in total. The largest absolute Gasteiger partial charge is 0.289 e. The topological polar surface area (TPSA) is 107 Å². The van der Waals surface area contributed by atoms with Gasteiger partial charge < -0.3 is 0 Å². The van der Waals surface area contributed by atoms with Crippen molar-refractivity contribution in [2.24, 2.45) is 0 Å². The molecule has 1 aliphatic rings. The minimum Gasteiger partial charge on any atom is -0.286 e. The van der Waals surface area contributed by atoms with E-state index in [1.54, 1.807) is 0 Å². The summed E-state index contributed by atoms with van der Waals surface area (Å²) in [5, 5.41) is 21.1. The third kappa shape index (κ3) is 2.79. The number of non-ortho nitro benzene ring substituents is 1. The molecule has 2 aromatic rings. The molecule has 122 valence electrons. The Balaban J connectivity index is 2.35. The van der Waals surface area contributed by atoms with Crippen molar-refractivity contribution in [2.45, 2.75) is 32.1 Å². The van der Waals surface area contributed by atoms with Crippen LogP contribution in [0.4, 0.5) is 11.5 Å². The Morgan fingerprint density at radius 2 is 2.04 bits per heavy atom. The van der Waals surface area contributed by atoms with Crippen LogP contribution in [0.15, 0.2) is 18.2 Å². The molecule has 0 fully saturated rings. The van der Waals surface area contributed by atoms with E-state index in [1.807, 2.05) is 0 Å². The Labute approximate surface area is 144 Å². The van der Waals surface area contributed by atoms with E-state index in [0.717, 1.165) is 43.4 Å². The quantitative estimate of drug-likeness (QED) is 0.511. The number of aryl methyl sites for hydroxylation is 1. The Bertz CT molecular complexity index is 874. The molecule has 1 heterocycles. The van der Waals surface area contributed by atoms with Gasteiger partial charge in [0.05, 0.1) is 4.92 Å². The molecule has 24 heavy (non-hydrogen) atoms. The fraction of sp³-hybridized carbons (Fsp3) is 0.294. The van der Waals surface area contributed by atoms with Gasteiger partial charge in [0.1, 0.15) is 17.3 Å². The van der Waals surface area contributed by atoms with Crippen LogP contribution in [0.1, 0.15) is 36.1 Å². The van der Waals surface area contributed by atoms with Crippen LogP contribution in [0.3, 0.4) is 0 Å². The molecule has 0 atom stereocenters. The number of nitrogens with one attached hydrogen (secondary N) is 1. The summed E-state index contributed by atoms with van der Waals surface area (Å²) in [5.74, 6) is 0.274. The highest BCUT2D eigenvalue weighted by molar-refractivity contribution is 6.33. The number of hydrogen-bond acceptors (Lipinski definition) is 4. The van der Waals surface area contributed by atoms with Gasteiger partial charge in [-0.1, -0.05) is 18.0 Å². The first kappa shape index (κ1) is 16.2. The van der Waals surface area contributed by atoms with Crippen molar-refractivity contribution in [3.8, 4) is 17.2 Å². The number of nitro groups is 1. The zero-order valence-electron chi connectivity index (χ0n) is 12.9. The van der Waals surface area contributed by atoms with Crippen LogP contribution in [0, 0.1) is 21.4 Å². The third-order valence-corrected chi connectivity index (χ3v) is 4.70. The van der Waals surface area contributed by atoms with Gasteiger partial charge in [0.2, 0.25) is 0 Å². The Morgan fingerprint density at radius 1 is 1.29 bits per heavy atom. The van der Waals surface area contributed by atoms with Crippen molar-refractivity contribution in [2.75, 3.05) is 5.73 Å². The van der Waals surface area contributed by atoms with Crippen molar-refractivity contribution in [1.29, 1.82) is 5.26 Å². The molecule has 0 spiro atoms. The predicted molar refractivity (Wildman–Crippen MR) is 90.5 cm³/mol. The smallest absolute Gasteiger partial charge is 0.286 e. The van der Waals surface area contributed by atoms with Crippen LogP contribution in [-0.2, 0) is 12.8 Å². The monoisotopic (exact) mass is 343 g/mol. The summed E-state index contributed by atoms with van der Waals surface area (Å²) < 4.78 is 0. The van der Waals surface area contributed by atoms with Crippen molar-refractivity contribution in [3.05, 3.63) is 50.2 Å². The van der Waals surface area contributed by atoms with E-state index in [1.165, 1.54) is 18.2 Å². The summed E-state index contributed by atoms with van der Waals surface area (Å²) in [7, 11) is 0. The number of hydrogen-bond donors (Lipinski definition) is 1. The predicted octanol–water partition coefficient (Wildman–Crippen LogP) is 3.45. The molecule has 3 N–H and O–H groups in total. The SMILES string of the molecule is N#Cc1c(N)[nH+]c2c(c1-c1cc([N+](=O)[O-])ccc1Cl)CCCCC2. The van der Waals surface area contributed by atoms with Gasteiger partial charge in [-0.05, 0) is 25.3 Å². The van der Waals surface area contributed by atoms with E-state index >= 15 is 0 Å². The summed E-state index contributed by atoms with van der Waals surface area (Å²) in [6.45, 7) is 0. The number of pyridine rings is 1. The molecule has 0 saturated carbocycles. The first-order chi connectivity index (χ1) is 11.5. The van der Waals surface area contributed by atoms with E-state index in [2.05, 4.69) is 11.1 Å². The Hall–Kier alpha value is -2.65. The number of H-pyrrole nitrogens is 1. The van der Waals surface area contributed by atoms with Crippen molar-refractivity contribution in [1.82, 2.24) is 0 Å². The minimum atomic E-state index is -0.469.